The summed E-state index contributed by atoms with van der Waals surface area (Å²) in [6, 6.07) is 9.61. The molecule has 1 aliphatic carbocycles. The van der Waals surface area contributed by atoms with Gasteiger partial charge >= 0.3 is 0 Å². The van der Waals surface area contributed by atoms with Gasteiger partial charge in [-0.25, -0.2) is 0 Å². The van der Waals surface area contributed by atoms with Crippen LogP contribution in [0.1, 0.15) is 44.7 Å². The second-order valence-electron chi connectivity index (χ2n) is 7.78. The number of hydrogen-bond donors (Lipinski definition) is 2. The molecule has 3 rings (SSSR count). The summed E-state index contributed by atoms with van der Waals surface area (Å²) >= 11 is 0. The molecule has 0 saturated heterocycles. The fourth-order valence-corrected chi connectivity index (χ4v) is 3.10. The van der Waals surface area contributed by atoms with E-state index in [1.807, 2.05) is 26.2 Å². The highest BCUT2D eigenvalue weighted by molar-refractivity contribution is 5.99. The Kier molecular flexibility index (Phi) is 6.49. The molecule has 0 atom stereocenters. The van der Waals surface area contributed by atoms with Gasteiger partial charge in [0.05, 0.1) is 12.1 Å². The van der Waals surface area contributed by atoms with E-state index < -0.39 is 11.5 Å². The summed E-state index contributed by atoms with van der Waals surface area (Å²) in [7, 11) is 5.53. The molecule has 0 bridgehead atoms. The van der Waals surface area contributed by atoms with E-state index in [4.69, 9.17) is 0 Å². The van der Waals surface area contributed by atoms with Gasteiger partial charge in [0.15, 0.2) is 0 Å². The first kappa shape index (κ1) is 20.8. The van der Waals surface area contributed by atoms with E-state index >= 15 is 0 Å². The average Bonchev–Trinajstić information content (AvgIpc) is 3.51. The first-order valence-corrected chi connectivity index (χ1v) is 9.87. The summed E-state index contributed by atoms with van der Waals surface area (Å²) in [5.74, 6) is -0.754. The van der Waals surface area contributed by atoms with Crippen LogP contribution in [0.3, 0.4) is 0 Å². The highest BCUT2D eigenvalue weighted by Crippen LogP contribution is 2.19. The van der Waals surface area contributed by atoms with Gasteiger partial charge in [-0.15, -0.1) is 0 Å². The molecule has 1 fully saturated rings. The number of likely N-dealkylation sites (N-methyl/N-ethyl adjacent to an activating group) is 1. The van der Waals surface area contributed by atoms with E-state index in [-0.39, 0.29) is 17.5 Å². The zero-order valence-electron chi connectivity index (χ0n) is 17.2. The minimum atomic E-state index is -0.496. The van der Waals surface area contributed by atoms with E-state index in [9.17, 15) is 14.4 Å². The monoisotopic (exact) mass is 396 g/mol. The number of pyridine rings is 1. The fraction of sp³-hybridized carbons (Fsp3) is 0.409. The second-order valence-corrected chi connectivity index (χ2v) is 7.78. The van der Waals surface area contributed by atoms with E-state index in [1.54, 1.807) is 6.20 Å². The number of hydrogen-bond acceptors (Lipinski definition) is 4. The number of carbonyl (C=O) groups is 2. The van der Waals surface area contributed by atoms with Crippen molar-refractivity contribution in [2.75, 3.05) is 27.7 Å². The Morgan fingerprint density at radius 3 is 2.52 bits per heavy atom. The molecule has 154 valence electrons. The van der Waals surface area contributed by atoms with Crippen molar-refractivity contribution < 1.29 is 9.59 Å². The molecule has 1 aromatic carbocycles. The Labute approximate surface area is 170 Å². The van der Waals surface area contributed by atoms with Crippen LogP contribution < -0.4 is 16.2 Å². The maximum atomic E-state index is 12.8. The quantitative estimate of drug-likeness (QED) is 0.704. The summed E-state index contributed by atoms with van der Waals surface area (Å²) in [5.41, 5.74) is 2.01. The third-order valence-corrected chi connectivity index (χ3v) is 4.92. The number of amides is 2. The highest BCUT2D eigenvalue weighted by atomic mass is 16.2. The molecule has 2 aromatic rings. The van der Waals surface area contributed by atoms with E-state index in [0.29, 0.717) is 12.1 Å². The van der Waals surface area contributed by atoms with Crippen molar-refractivity contribution >= 4 is 11.8 Å². The van der Waals surface area contributed by atoms with Crippen molar-refractivity contribution in [3.05, 3.63) is 69.1 Å². The lowest BCUT2D eigenvalue weighted by molar-refractivity contribution is 0.0950. The Hall–Kier alpha value is -2.93. The fourth-order valence-electron chi connectivity index (χ4n) is 3.10. The SMILES string of the molecule is CNC(=O)c1cc(C(=O)NC2CC2)cn(Cc2cccc(CCN(C)C)c2)c1=O. The zero-order valence-corrected chi connectivity index (χ0v) is 17.2. The molecule has 2 N–H and O–H groups in total. The average molecular weight is 396 g/mol. The largest absolute Gasteiger partial charge is 0.355 e. The summed E-state index contributed by atoms with van der Waals surface area (Å²) < 4.78 is 1.44. The van der Waals surface area contributed by atoms with E-state index in [1.165, 1.54) is 23.2 Å². The maximum Gasteiger partial charge on any atom is 0.263 e. The van der Waals surface area contributed by atoms with Crippen LogP contribution in [0.5, 0.6) is 0 Å². The van der Waals surface area contributed by atoms with Crippen molar-refractivity contribution in [3.8, 4) is 0 Å². The van der Waals surface area contributed by atoms with E-state index in [2.05, 4.69) is 27.7 Å². The van der Waals surface area contributed by atoms with Crippen LogP contribution >= 0.6 is 0 Å². The smallest absolute Gasteiger partial charge is 0.263 e. The second kappa shape index (κ2) is 9.05. The Morgan fingerprint density at radius 1 is 1.14 bits per heavy atom. The van der Waals surface area contributed by atoms with Gasteiger partial charge in [-0.1, -0.05) is 24.3 Å². The third-order valence-electron chi connectivity index (χ3n) is 4.92. The molecule has 1 aliphatic rings. The summed E-state index contributed by atoms with van der Waals surface area (Å²) in [6.07, 6.45) is 4.38. The Bertz CT molecular complexity index is 961. The maximum absolute atomic E-state index is 12.8. The molecule has 0 unspecified atom stereocenters. The Balaban J connectivity index is 1.91. The Morgan fingerprint density at radius 2 is 1.86 bits per heavy atom. The number of carbonyl (C=O) groups excluding carboxylic acids is 2. The van der Waals surface area contributed by atoms with Gasteiger partial charge < -0.3 is 20.1 Å². The number of nitrogens with one attached hydrogen (secondary N) is 2. The van der Waals surface area contributed by atoms with Crippen molar-refractivity contribution in [1.82, 2.24) is 20.1 Å². The normalized spacial score (nSPS) is 13.4. The van der Waals surface area contributed by atoms with Crippen LogP contribution in [-0.4, -0.2) is 55.0 Å². The van der Waals surface area contributed by atoms with Crippen LogP contribution in [-0.2, 0) is 13.0 Å². The van der Waals surface area contributed by atoms with Gasteiger partial charge in [0.25, 0.3) is 17.4 Å². The van der Waals surface area contributed by atoms with E-state index in [0.717, 1.165) is 31.4 Å². The van der Waals surface area contributed by atoms with Gasteiger partial charge in [0, 0.05) is 25.8 Å². The first-order chi connectivity index (χ1) is 13.9. The number of aromatic nitrogens is 1. The van der Waals surface area contributed by atoms with Crippen molar-refractivity contribution in [2.45, 2.75) is 31.8 Å². The summed E-state index contributed by atoms with van der Waals surface area (Å²) in [5, 5.41) is 5.39. The van der Waals surface area contributed by atoms with Crippen LogP contribution in [0.25, 0.3) is 0 Å². The minimum absolute atomic E-state index is 0.0280. The van der Waals surface area contributed by atoms with Crippen LogP contribution in [0, 0.1) is 0 Å². The minimum Gasteiger partial charge on any atom is -0.355 e. The molecular weight excluding hydrogens is 368 g/mol. The van der Waals surface area contributed by atoms with Crippen LogP contribution in [0.15, 0.2) is 41.3 Å². The first-order valence-electron chi connectivity index (χ1n) is 9.87. The molecule has 1 heterocycles. The highest BCUT2D eigenvalue weighted by Gasteiger charge is 2.25. The van der Waals surface area contributed by atoms with Gasteiger partial charge in [0.2, 0.25) is 0 Å². The molecule has 2 amide bonds. The zero-order chi connectivity index (χ0) is 21.0. The molecule has 0 aliphatic heterocycles. The van der Waals surface area contributed by atoms with Crippen LogP contribution in [0.4, 0.5) is 0 Å². The van der Waals surface area contributed by atoms with Gasteiger partial charge in [0.1, 0.15) is 5.56 Å². The van der Waals surface area contributed by atoms with Crippen LogP contribution in [0.2, 0.25) is 0 Å². The lowest BCUT2D eigenvalue weighted by Gasteiger charge is -2.13. The molecule has 1 saturated carbocycles. The predicted molar refractivity (Wildman–Crippen MR) is 112 cm³/mol. The van der Waals surface area contributed by atoms with Crippen molar-refractivity contribution in [3.63, 3.8) is 0 Å². The molecule has 0 spiro atoms. The molecule has 7 nitrogen and oxygen atoms in total. The number of rotatable bonds is 8. The summed E-state index contributed by atoms with van der Waals surface area (Å²) in [4.78, 5) is 39.7. The van der Waals surface area contributed by atoms with Crippen molar-refractivity contribution in [1.29, 1.82) is 0 Å². The van der Waals surface area contributed by atoms with Gasteiger partial charge in [-0.05, 0) is 50.6 Å². The van der Waals surface area contributed by atoms with Crippen molar-refractivity contribution in [2.24, 2.45) is 0 Å². The lowest BCUT2D eigenvalue weighted by atomic mass is 10.1. The standard InChI is InChI=1S/C22H28N4O3/c1-23-21(28)19-12-17(20(27)24-18-7-8-18)14-26(22(19)29)13-16-6-4-5-15(11-16)9-10-25(2)3/h4-6,11-12,14,18H,7-10,13H2,1-3H3,(H,23,28)(H,24,27). The van der Waals surface area contributed by atoms with Gasteiger partial charge in [-0.3, -0.25) is 14.4 Å². The molecular formula is C22H28N4O3. The predicted octanol–water partition coefficient (Wildman–Crippen LogP) is 1.25. The third kappa shape index (κ3) is 5.54. The molecule has 1 aromatic heterocycles. The summed E-state index contributed by atoms with van der Waals surface area (Å²) in [6.45, 7) is 1.23. The lowest BCUT2D eigenvalue weighted by Crippen LogP contribution is -2.34. The molecule has 29 heavy (non-hydrogen) atoms. The molecule has 7 heteroatoms. The molecule has 0 radical (unpaired) electrons. The number of nitrogens with zero attached hydrogens (tertiary/aromatic N) is 2. The van der Waals surface area contributed by atoms with Gasteiger partial charge in [-0.2, -0.15) is 0 Å². The topological polar surface area (TPSA) is 83.4 Å². The number of benzene rings is 1.